The third-order valence-corrected chi connectivity index (χ3v) is 6.95. The second-order valence-electron chi connectivity index (χ2n) is 9.02. The maximum absolute atomic E-state index is 13.1. The van der Waals surface area contributed by atoms with E-state index >= 15 is 0 Å². The van der Waals surface area contributed by atoms with Crippen LogP contribution in [0.5, 0.6) is 0 Å². The topological polar surface area (TPSA) is 83.4 Å². The van der Waals surface area contributed by atoms with Gasteiger partial charge in [-0.25, -0.2) is 9.69 Å². The van der Waals surface area contributed by atoms with Crippen LogP contribution < -0.4 is 10.6 Å². The van der Waals surface area contributed by atoms with Crippen LogP contribution in [0.2, 0.25) is 0 Å². The highest BCUT2D eigenvalue weighted by molar-refractivity contribution is 9.10. The Labute approximate surface area is 222 Å². The molecular formula is C29H25BrN4O3. The van der Waals surface area contributed by atoms with Gasteiger partial charge in [0.2, 0.25) is 5.91 Å². The molecular weight excluding hydrogens is 532 g/mol. The third kappa shape index (κ3) is 5.06. The number of rotatable bonds is 6. The number of para-hydroxylation sites is 1. The van der Waals surface area contributed by atoms with E-state index < -0.39 is 17.8 Å². The number of nitrogens with one attached hydrogen (secondary N) is 2. The monoisotopic (exact) mass is 556 g/mol. The fourth-order valence-electron chi connectivity index (χ4n) is 4.46. The highest BCUT2D eigenvalue weighted by atomic mass is 79.9. The third-order valence-electron chi connectivity index (χ3n) is 6.42. The number of fused-ring (bicyclic) bond motifs is 1. The van der Waals surface area contributed by atoms with Crippen LogP contribution in [-0.2, 0) is 16.1 Å². The zero-order chi connectivity index (χ0) is 26.1. The second kappa shape index (κ2) is 10.1. The van der Waals surface area contributed by atoms with Gasteiger partial charge in [-0.2, -0.15) is 0 Å². The lowest BCUT2D eigenvalue weighted by Gasteiger charge is -2.12. The molecule has 0 saturated carbocycles. The highest BCUT2D eigenvalue weighted by Crippen LogP contribution is 2.29. The van der Waals surface area contributed by atoms with Crippen LogP contribution in [0.4, 0.5) is 10.5 Å². The SMILES string of the molecule is Cc1ccc(NC(=O)CN2C(=O)N/C(=C/c3c(C)n(Cc4ccc(Br)cc4)c4ccccc34)C2=O)cc1. The molecule has 2 N–H and O–H groups in total. The number of amides is 4. The number of hydrogen-bond acceptors (Lipinski definition) is 3. The molecule has 2 heterocycles. The smallest absolute Gasteiger partial charge is 0.329 e. The summed E-state index contributed by atoms with van der Waals surface area (Å²) in [5, 5.41) is 6.34. The average molecular weight is 557 g/mol. The maximum Gasteiger partial charge on any atom is 0.329 e. The molecule has 4 amide bonds. The Kier molecular flexibility index (Phi) is 6.67. The standard InChI is InChI=1S/C29H25BrN4O3/c1-18-7-13-22(14-8-18)31-27(35)17-34-28(36)25(32-29(34)37)15-24-19(2)33(26-6-4-3-5-23(24)26)16-20-9-11-21(30)12-10-20/h3-15H,16-17H2,1-2H3,(H,31,35)(H,32,37)/b25-15+. The molecule has 0 unspecified atom stereocenters. The molecule has 8 heteroatoms. The van der Waals surface area contributed by atoms with Crippen LogP contribution in [0.1, 0.15) is 22.4 Å². The van der Waals surface area contributed by atoms with Crippen molar-refractivity contribution in [2.45, 2.75) is 20.4 Å². The molecule has 1 aromatic heterocycles. The van der Waals surface area contributed by atoms with Crippen LogP contribution in [0.15, 0.2) is 83.0 Å². The van der Waals surface area contributed by atoms with Crippen LogP contribution in [-0.4, -0.2) is 33.9 Å². The van der Waals surface area contributed by atoms with Gasteiger partial charge in [0.05, 0.1) is 0 Å². The minimum Gasteiger partial charge on any atom is -0.340 e. The lowest BCUT2D eigenvalue weighted by molar-refractivity contribution is -0.127. The first-order valence-electron chi connectivity index (χ1n) is 11.8. The van der Waals surface area contributed by atoms with Crippen molar-refractivity contribution in [2.24, 2.45) is 0 Å². The van der Waals surface area contributed by atoms with E-state index in [9.17, 15) is 14.4 Å². The van der Waals surface area contributed by atoms with Gasteiger partial charge in [0.25, 0.3) is 5.91 Å². The number of anilines is 1. The van der Waals surface area contributed by atoms with E-state index in [1.807, 2.05) is 62.4 Å². The minimum absolute atomic E-state index is 0.141. The lowest BCUT2D eigenvalue weighted by Crippen LogP contribution is -2.38. The van der Waals surface area contributed by atoms with E-state index in [1.54, 1.807) is 18.2 Å². The molecule has 7 nitrogen and oxygen atoms in total. The molecule has 1 fully saturated rings. The van der Waals surface area contributed by atoms with Crippen molar-refractivity contribution in [1.29, 1.82) is 0 Å². The average Bonchev–Trinajstić information content (AvgIpc) is 3.30. The van der Waals surface area contributed by atoms with Crippen molar-refractivity contribution < 1.29 is 14.4 Å². The summed E-state index contributed by atoms with van der Waals surface area (Å²) < 4.78 is 3.21. The molecule has 3 aromatic carbocycles. The molecule has 0 bridgehead atoms. The van der Waals surface area contributed by atoms with E-state index in [0.717, 1.165) is 42.7 Å². The first-order chi connectivity index (χ1) is 17.8. The van der Waals surface area contributed by atoms with E-state index in [2.05, 4.69) is 43.3 Å². The number of benzene rings is 3. The number of nitrogens with zero attached hydrogens (tertiary/aromatic N) is 2. The number of urea groups is 1. The van der Waals surface area contributed by atoms with E-state index in [-0.39, 0.29) is 12.2 Å². The van der Waals surface area contributed by atoms with Crippen molar-refractivity contribution in [3.8, 4) is 0 Å². The molecule has 0 spiro atoms. The van der Waals surface area contributed by atoms with Crippen molar-refractivity contribution in [2.75, 3.05) is 11.9 Å². The fourth-order valence-corrected chi connectivity index (χ4v) is 4.72. The van der Waals surface area contributed by atoms with Gasteiger partial charge in [-0.1, -0.05) is 64.0 Å². The maximum atomic E-state index is 13.1. The largest absolute Gasteiger partial charge is 0.340 e. The Balaban J connectivity index is 1.40. The molecule has 5 rings (SSSR count). The summed E-state index contributed by atoms with van der Waals surface area (Å²) >= 11 is 3.48. The number of aromatic nitrogens is 1. The molecule has 4 aromatic rings. The first kappa shape index (κ1) is 24.5. The summed E-state index contributed by atoms with van der Waals surface area (Å²) in [6.07, 6.45) is 1.70. The zero-order valence-corrected chi connectivity index (χ0v) is 22.0. The van der Waals surface area contributed by atoms with Crippen LogP contribution in [0.25, 0.3) is 17.0 Å². The minimum atomic E-state index is -0.619. The summed E-state index contributed by atoms with van der Waals surface area (Å²) in [5.41, 5.74) is 5.80. The summed E-state index contributed by atoms with van der Waals surface area (Å²) in [5.74, 6) is -0.982. The van der Waals surface area contributed by atoms with E-state index in [4.69, 9.17) is 0 Å². The summed E-state index contributed by atoms with van der Waals surface area (Å²) in [6.45, 7) is 4.24. The molecule has 0 aliphatic carbocycles. The second-order valence-corrected chi connectivity index (χ2v) is 9.94. The van der Waals surface area contributed by atoms with E-state index in [1.165, 1.54) is 0 Å². The van der Waals surface area contributed by atoms with Crippen molar-refractivity contribution in [3.05, 3.63) is 105 Å². The van der Waals surface area contributed by atoms with Gasteiger partial charge < -0.3 is 15.2 Å². The number of imide groups is 1. The first-order valence-corrected chi connectivity index (χ1v) is 12.6. The van der Waals surface area contributed by atoms with Crippen molar-refractivity contribution in [1.82, 2.24) is 14.8 Å². The van der Waals surface area contributed by atoms with Crippen LogP contribution in [0, 0.1) is 13.8 Å². The van der Waals surface area contributed by atoms with Gasteiger partial charge >= 0.3 is 6.03 Å². The van der Waals surface area contributed by atoms with Gasteiger partial charge in [0, 0.05) is 38.9 Å². The molecule has 0 radical (unpaired) electrons. The molecule has 1 aliphatic rings. The fraction of sp³-hybridized carbons (Fsp3) is 0.138. The Morgan fingerprint density at radius 3 is 2.41 bits per heavy atom. The predicted molar refractivity (Wildman–Crippen MR) is 148 cm³/mol. The van der Waals surface area contributed by atoms with Crippen LogP contribution >= 0.6 is 15.9 Å². The summed E-state index contributed by atoms with van der Waals surface area (Å²) in [6, 6.07) is 22.8. The van der Waals surface area contributed by atoms with Gasteiger partial charge in [-0.15, -0.1) is 0 Å². The van der Waals surface area contributed by atoms with Gasteiger partial charge in [0.1, 0.15) is 12.2 Å². The van der Waals surface area contributed by atoms with Gasteiger partial charge in [-0.05, 0) is 55.8 Å². The summed E-state index contributed by atoms with van der Waals surface area (Å²) in [7, 11) is 0. The quantitative estimate of drug-likeness (QED) is 0.239. The molecule has 37 heavy (non-hydrogen) atoms. The Bertz CT molecular complexity index is 1550. The van der Waals surface area contributed by atoms with Crippen LogP contribution in [0.3, 0.4) is 0 Å². The number of halogens is 1. The van der Waals surface area contributed by atoms with Gasteiger partial charge in [0.15, 0.2) is 0 Å². The molecule has 1 saturated heterocycles. The van der Waals surface area contributed by atoms with Gasteiger partial charge in [-0.3, -0.25) is 9.59 Å². The zero-order valence-electron chi connectivity index (χ0n) is 20.4. The Morgan fingerprint density at radius 1 is 0.973 bits per heavy atom. The molecule has 0 atom stereocenters. The van der Waals surface area contributed by atoms with Crippen molar-refractivity contribution >= 4 is 56.4 Å². The molecule has 1 aliphatic heterocycles. The predicted octanol–water partition coefficient (Wildman–Crippen LogP) is 5.60. The summed E-state index contributed by atoms with van der Waals surface area (Å²) in [4.78, 5) is 39.2. The molecule has 186 valence electrons. The number of aryl methyl sites for hydroxylation is 1. The Hall–Kier alpha value is -4.17. The van der Waals surface area contributed by atoms with E-state index in [0.29, 0.717) is 12.2 Å². The number of hydrogen-bond donors (Lipinski definition) is 2. The Morgan fingerprint density at radius 2 is 1.68 bits per heavy atom. The lowest BCUT2D eigenvalue weighted by atomic mass is 10.1. The van der Waals surface area contributed by atoms with Crippen molar-refractivity contribution in [3.63, 3.8) is 0 Å². The normalized spacial score (nSPS) is 14.5. The number of carbonyl (C=O) groups is 3. The highest BCUT2D eigenvalue weighted by Gasteiger charge is 2.35. The number of carbonyl (C=O) groups excluding carboxylic acids is 3.